The number of nitrogens with zero attached hydrogens (tertiary/aromatic N) is 3. The summed E-state index contributed by atoms with van der Waals surface area (Å²) in [6, 6.07) is 20.0. The Bertz CT molecular complexity index is 1680. The van der Waals surface area contributed by atoms with Gasteiger partial charge >= 0.3 is 5.69 Å². The summed E-state index contributed by atoms with van der Waals surface area (Å²) in [6.07, 6.45) is 2.23. The first-order chi connectivity index (χ1) is 17.4. The van der Waals surface area contributed by atoms with E-state index in [1.54, 1.807) is 42.6 Å². The number of hydrogen-bond donors (Lipinski definition) is 2. The molecule has 0 saturated heterocycles. The molecule has 3 N–H and O–H groups in total. The highest BCUT2D eigenvalue weighted by Crippen LogP contribution is 2.41. The van der Waals surface area contributed by atoms with E-state index in [1.165, 1.54) is 15.6 Å². The standard InChI is InChI=1S/C27H23N5O3S/c1-3-20-23-21(26(34)30-18-7-4-6-17(14-18)25(28)33)8-5-9-22(23)36-24(20)16-10-12-19(13-11-16)32-15-29-31(2)27(32)35/h4-15H,3H2,1-2H3,(H2,28,33)(H,30,34). The fourth-order valence-electron chi connectivity index (χ4n) is 4.26. The maximum Gasteiger partial charge on any atom is 0.350 e. The molecule has 0 unspecified atom stereocenters. The molecule has 5 rings (SSSR count). The van der Waals surface area contributed by atoms with Gasteiger partial charge in [0.25, 0.3) is 5.91 Å². The molecule has 0 aliphatic carbocycles. The number of benzene rings is 3. The zero-order valence-corrected chi connectivity index (χ0v) is 20.5. The third kappa shape index (κ3) is 4.09. The lowest BCUT2D eigenvalue weighted by Crippen LogP contribution is -2.21. The van der Waals surface area contributed by atoms with Gasteiger partial charge in [0, 0.05) is 38.8 Å². The lowest BCUT2D eigenvalue weighted by molar-refractivity contribution is 0.0996. The molecule has 8 nitrogen and oxygen atoms in total. The minimum Gasteiger partial charge on any atom is -0.366 e. The highest BCUT2D eigenvalue weighted by Gasteiger charge is 2.19. The van der Waals surface area contributed by atoms with Gasteiger partial charge in [-0.3, -0.25) is 9.59 Å². The Morgan fingerprint density at radius 1 is 1.06 bits per heavy atom. The van der Waals surface area contributed by atoms with E-state index in [0.717, 1.165) is 38.2 Å². The highest BCUT2D eigenvalue weighted by atomic mass is 32.1. The number of fused-ring (bicyclic) bond motifs is 1. The molecule has 0 atom stereocenters. The van der Waals surface area contributed by atoms with Crippen LogP contribution in [0.2, 0.25) is 0 Å². The first-order valence-corrected chi connectivity index (χ1v) is 12.2. The monoisotopic (exact) mass is 497 g/mol. The van der Waals surface area contributed by atoms with Gasteiger partial charge in [0.15, 0.2) is 0 Å². The molecule has 9 heteroatoms. The molecule has 5 aromatic rings. The van der Waals surface area contributed by atoms with Gasteiger partial charge in [-0.25, -0.2) is 14.0 Å². The molecule has 0 fully saturated rings. The van der Waals surface area contributed by atoms with Crippen molar-refractivity contribution in [2.75, 3.05) is 5.32 Å². The fraction of sp³-hybridized carbons (Fsp3) is 0.111. The molecule has 0 bridgehead atoms. The Morgan fingerprint density at radius 3 is 2.47 bits per heavy atom. The largest absolute Gasteiger partial charge is 0.366 e. The molecule has 180 valence electrons. The van der Waals surface area contributed by atoms with Crippen molar-refractivity contribution in [1.29, 1.82) is 0 Å². The van der Waals surface area contributed by atoms with Gasteiger partial charge in [-0.1, -0.05) is 31.2 Å². The molecule has 0 aliphatic rings. The lowest BCUT2D eigenvalue weighted by atomic mass is 9.99. The quantitative estimate of drug-likeness (QED) is 0.363. The van der Waals surface area contributed by atoms with Gasteiger partial charge < -0.3 is 11.1 Å². The molecular weight excluding hydrogens is 474 g/mol. The van der Waals surface area contributed by atoms with Crippen molar-refractivity contribution < 1.29 is 9.59 Å². The van der Waals surface area contributed by atoms with Crippen LogP contribution < -0.4 is 16.7 Å². The predicted molar refractivity (Wildman–Crippen MR) is 142 cm³/mol. The number of carbonyl (C=O) groups excluding carboxylic acids is 2. The van der Waals surface area contributed by atoms with Crippen molar-refractivity contribution in [3.8, 4) is 16.1 Å². The zero-order valence-electron chi connectivity index (χ0n) is 19.7. The van der Waals surface area contributed by atoms with Gasteiger partial charge in [0.2, 0.25) is 5.91 Å². The zero-order chi connectivity index (χ0) is 25.4. The summed E-state index contributed by atoms with van der Waals surface area (Å²) in [4.78, 5) is 38.1. The Kier molecular flexibility index (Phi) is 5.99. The van der Waals surface area contributed by atoms with Crippen molar-refractivity contribution >= 4 is 38.9 Å². The van der Waals surface area contributed by atoms with Crippen molar-refractivity contribution in [3.05, 3.63) is 100 Å². The van der Waals surface area contributed by atoms with E-state index < -0.39 is 5.91 Å². The Balaban J connectivity index is 1.53. The number of nitrogens with two attached hydrogens (primary N) is 1. The summed E-state index contributed by atoms with van der Waals surface area (Å²) in [7, 11) is 1.61. The van der Waals surface area contributed by atoms with Gasteiger partial charge in [-0.15, -0.1) is 11.3 Å². The summed E-state index contributed by atoms with van der Waals surface area (Å²) < 4.78 is 3.78. The van der Waals surface area contributed by atoms with Crippen LogP contribution in [0.15, 0.2) is 77.9 Å². The summed E-state index contributed by atoms with van der Waals surface area (Å²) in [5.74, 6) is -0.809. The van der Waals surface area contributed by atoms with Crippen LogP contribution >= 0.6 is 11.3 Å². The molecule has 2 heterocycles. The van der Waals surface area contributed by atoms with E-state index in [1.807, 2.05) is 42.5 Å². The van der Waals surface area contributed by atoms with E-state index in [0.29, 0.717) is 16.8 Å². The maximum absolute atomic E-state index is 13.3. The molecule has 0 saturated carbocycles. The molecule has 0 spiro atoms. The van der Waals surface area contributed by atoms with Crippen LogP contribution in [-0.4, -0.2) is 26.2 Å². The SMILES string of the molecule is CCc1c(-c2ccc(-n3cnn(C)c3=O)cc2)sc2cccc(C(=O)Nc3cccc(C(N)=O)c3)c12. The molecule has 0 aliphatic heterocycles. The number of hydrogen-bond acceptors (Lipinski definition) is 5. The number of primary amides is 1. The van der Waals surface area contributed by atoms with E-state index in [-0.39, 0.29) is 11.6 Å². The minimum absolute atomic E-state index is 0.212. The van der Waals surface area contributed by atoms with Gasteiger partial charge in [-0.05, 0) is 60.0 Å². The van der Waals surface area contributed by atoms with E-state index >= 15 is 0 Å². The first-order valence-electron chi connectivity index (χ1n) is 11.3. The van der Waals surface area contributed by atoms with E-state index in [9.17, 15) is 14.4 Å². The number of carbonyl (C=O) groups is 2. The summed E-state index contributed by atoms with van der Waals surface area (Å²) in [6.45, 7) is 2.07. The molecular formula is C27H23N5O3S. The van der Waals surface area contributed by atoms with Crippen LogP contribution in [0.1, 0.15) is 33.2 Å². The van der Waals surface area contributed by atoms with Crippen LogP contribution in [0, 0.1) is 0 Å². The van der Waals surface area contributed by atoms with Crippen LogP contribution in [0.3, 0.4) is 0 Å². The normalized spacial score (nSPS) is 11.1. The highest BCUT2D eigenvalue weighted by molar-refractivity contribution is 7.22. The van der Waals surface area contributed by atoms with Crippen molar-refractivity contribution in [1.82, 2.24) is 14.3 Å². The van der Waals surface area contributed by atoms with Crippen molar-refractivity contribution in [2.45, 2.75) is 13.3 Å². The number of amides is 2. The lowest BCUT2D eigenvalue weighted by Gasteiger charge is -2.09. The smallest absolute Gasteiger partial charge is 0.350 e. The third-order valence-corrected chi connectivity index (χ3v) is 7.29. The van der Waals surface area contributed by atoms with Crippen LogP contribution in [0.4, 0.5) is 5.69 Å². The topological polar surface area (TPSA) is 112 Å². The predicted octanol–water partition coefficient (Wildman–Crippen LogP) is 4.37. The molecule has 2 amide bonds. The Labute approximate surface area is 210 Å². The number of thiophene rings is 1. The second-order valence-electron chi connectivity index (χ2n) is 8.30. The number of anilines is 1. The Hall–Kier alpha value is -4.50. The van der Waals surface area contributed by atoms with E-state index in [4.69, 9.17) is 5.73 Å². The summed E-state index contributed by atoms with van der Waals surface area (Å²) >= 11 is 1.63. The molecule has 3 aromatic carbocycles. The number of nitrogens with one attached hydrogen (secondary N) is 1. The minimum atomic E-state index is -0.552. The molecule has 2 aromatic heterocycles. The Morgan fingerprint density at radius 2 is 1.81 bits per heavy atom. The second-order valence-corrected chi connectivity index (χ2v) is 9.35. The average molecular weight is 498 g/mol. The summed E-state index contributed by atoms with van der Waals surface area (Å²) in [5.41, 5.74) is 9.38. The van der Waals surface area contributed by atoms with Gasteiger partial charge in [0.1, 0.15) is 6.33 Å². The maximum atomic E-state index is 13.3. The van der Waals surface area contributed by atoms with E-state index in [2.05, 4.69) is 17.3 Å². The van der Waals surface area contributed by atoms with Crippen molar-refractivity contribution in [3.63, 3.8) is 0 Å². The van der Waals surface area contributed by atoms with Crippen LogP contribution in [-0.2, 0) is 13.5 Å². The molecule has 0 radical (unpaired) electrons. The fourth-order valence-corrected chi connectivity index (χ4v) is 5.58. The first kappa shape index (κ1) is 23.3. The van der Waals surface area contributed by atoms with Gasteiger partial charge in [0.05, 0.1) is 5.69 Å². The number of aromatic nitrogens is 3. The third-order valence-electron chi connectivity index (χ3n) is 6.05. The van der Waals surface area contributed by atoms with Gasteiger partial charge in [-0.2, -0.15) is 5.10 Å². The average Bonchev–Trinajstić information content (AvgIpc) is 3.43. The van der Waals surface area contributed by atoms with Crippen LogP contribution in [0.25, 0.3) is 26.2 Å². The number of aryl methyl sites for hydroxylation is 2. The molecule has 36 heavy (non-hydrogen) atoms. The summed E-state index contributed by atoms with van der Waals surface area (Å²) in [5, 5.41) is 7.82. The van der Waals surface area contributed by atoms with Crippen LogP contribution in [0.5, 0.6) is 0 Å². The van der Waals surface area contributed by atoms with Crippen molar-refractivity contribution in [2.24, 2.45) is 12.8 Å². The second kappa shape index (κ2) is 9.27. The number of rotatable bonds is 6.